The smallest absolute Gasteiger partial charge is 0.322 e. The molecule has 4 nitrogen and oxygen atoms in total. The number of ether oxygens (including phenoxy) is 1. The van der Waals surface area contributed by atoms with E-state index in [1.165, 1.54) is 0 Å². The summed E-state index contributed by atoms with van der Waals surface area (Å²) in [5.41, 5.74) is 1.91. The van der Waals surface area contributed by atoms with Crippen molar-refractivity contribution in [2.45, 2.75) is 19.1 Å². The van der Waals surface area contributed by atoms with Gasteiger partial charge in [-0.05, 0) is 24.6 Å². The van der Waals surface area contributed by atoms with Crippen LogP contribution in [0.5, 0.6) is 0 Å². The Morgan fingerprint density at radius 3 is 2.36 bits per heavy atom. The zero-order chi connectivity index (χ0) is 15.4. The van der Waals surface area contributed by atoms with Crippen molar-refractivity contribution in [1.29, 1.82) is 0 Å². The van der Waals surface area contributed by atoms with Gasteiger partial charge in [-0.15, -0.1) is 0 Å². The van der Waals surface area contributed by atoms with Crippen LogP contribution >= 0.6 is 0 Å². The molecule has 2 unspecified atom stereocenters. The second kappa shape index (κ2) is 6.62. The topological polar surface area (TPSA) is 41.6 Å². The molecular formula is C18H20N2O2. The van der Waals surface area contributed by atoms with Gasteiger partial charge in [0.15, 0.2) is 0 Å². The molecule has 4 heteroatoms. The maximum Gasteiger partial charge on any atom is 0.322 e. The third kappa shape index (κ3) is 3.46. The van der Waals surface area contributed by atoms with Crippen LogP contribution in [0.2, 0.25) is 0 Å². The lowest BCUT2D eigenvalue weighted by Gasteiger charge is -2.37. The molecule has 2 atom stereocenters. The maximum absolute atomic E-state index is 12.4. The van der Waals surface area contributed by atoms with Gasteiger partial charge in [0.1, 0.15) is 6.10 Å². The quantitative estimate of drug-likeness (QED) is 0.918. The van der Waals surface area contributed by atoms with Crippen LogP contribution in [-0.4, -0.2) is 30.1 Å². The Hall–Kier alpha value is -2.33. The fourth-order valence-electron chi connectivity index (χ4n) is 2.69. The Balaban J connectivity index is 1.69. The fourth-order valence-corrected chi connectivity index (χ4v) is 2.69. The van der Waals surface area contributed by atoms with Crippen LogP contribution in [0.1, 0.15) is 18.6 Å². The van der Waals surface area contributed by atoms with Crippen LogP contribution in [0.15, 0.2) is 60.7 Å². The van der Waals surface area contributed by atoms with Crippen molar-refractivity contribution in [3.8, 4) is 0 Å². The highest BCUT2D eigenvalue weighted by Crippen LogP contribution is 2.25. The van der Waals surface area contributed by atoms with Crippen molar-refractivity contribution in [2.75, 3.05) is 18.4 Å². The molecule has 3 rings (SSSR count). The van der Waals surface area contributed by atoms with E-state index in [0.717, 1.165) is 11.3 Å². The molecule has 0 aromatic heterocycles. The van der Waals surface area contributed by atoms with Crippen LogP contribution in [0.4, 0.5) is 10.5 Å². The molecule has 22 heavy (non-hydrogen) atoms. The normalized spacial score (nSPS) is 21.4. The van der Waals surface area contributed by atoms with Gasteiger partial charge in [0.25, 0.3) is 0 Å². The van der Waals surface area contributed by atoms with E-state index >= 15 is 0 Å². The van der Waals surface area contributed by atoms with Crippen molar-refractivity contribution in [2.24, 2.45) is 0 Å². The van der Waals surface area contributed by atoms with Crippen LogP contribution in [0.3, 0.4) is 0 Å². The number of benzene rings is 2. The summed E-state index contributed by atoms with van der Waals surface area (Å²) in [6, 6.07) is 19.5. The number of rotatable bonds is 2. The molecule has 2 amide bonds. The van der Waals surface area contributed by atoms with Crippen molar-refractivity contribution in [1.82, 2.24) is 4.90 Å². The number of nitrogens with one attached hydrogen (secondary N) is 1. The van der Waals surface area contributed by atoms with Gasteiger partial charge in [0.05, 0.1) is 12.6 Å². The van der Waals surface area contributed by atoms with Gasteiger partial charge in [-0.2, -0.15) is 0 Å². The van der Waals surface area contributed by atoms with E-state index in [4.69, 9.17) is 4.74 Å². The third-order valence-corrected chi connectivity index (χ3v) is 3.74. The number of hydrogen-bond acceptors (Lipinski definition) is 2. The first-order valence-corrected chi connectivity index (χ1v) is 7.54. The third-order valence-electron chi connectivity index (χ3n) is 3.74. The Bertz CT molecular complexity index is 615. The highest BCUT2D eigenvalue weighted by molar-refractivity contribution is 5.89. The van der Waals surface area contributed by atoms with E-state index in [0.29, 0.717) is 13.1 Å². The lowest BCUT2D eigenvalue weighted by atomic mass is 10.1. The summed E-state index contributed by atoms with van der Waals surface area (Å²) < 4.78 is 5.98. The molecule has 0 aliphatic carbocycles. The van der Waals surface area contributed by atoms with E-state index in [2.05, 4.69) is 5.32 Å². The molecule has 0 bridgehead atoms. The SMILES string of the molecule is CC1CN(C(=O)Nc2ccccc2)CC(c2ccccc2)O1. The number of carbonyl (C=O) groups is 1. The van der Waals surface area contributed by atoms with Gasteiger partial charge in [-0.3, -0.25) is 0 Å². The number of morpholine rings is 1. The molecular weight excluding hydrogens is 276 g/mol. The van der Waals surface area contributed by atoms with Crippen LogP contribution < -0.4 is 5.32 Å². The Kier molecular flexibility index (Phi) is 4.39. The first-order valence-electron chi connectivity index (χ1n) is 7.54. The van der Waals surface area contributed by atoms with Gasteiger partial charge in [-0.1, -0.05) is 48.5 Å². The maximum atomic E-state index is 12.4. The molecule has 1 fully saturated rings. The Morgan fingerprint density at radius 1 is 1.05 bits per heavy atom. The summed E-state index contributed by atoms with van der Waals surface area (Å²) in [7, 11) is 0. The number of carbonyl (C=O) groups excluding carboxylic acids is 1. The molecule has 1 saturated heterocycles. The van der Waals surface area contributed by atoms with Crippen molar-refractivity contribution < 1.29 is 9.53 Å². The standard InChI is InChI=1S/C18H20N2O2/c1-14-12-20(18(21)19-16-10-6-3-7-11-16)13-17(22-14)15-8-4-2-5-9-15/h2-11,14,17H,12-13H2,1H3,(H,19,21). The summed E-state index contributed by atoms with van der Waals surface area (Å²) in [4.78, 5) is 14.3. The molecule has 0 radical (unpaired) electrons. The zero-order valence-corrected chi connectivity index (χ0v) is 12.6. The average molecular weight is 296 g/mol. The number of para-hydroxylation sites is 1. The van der Waals surface area contributed by atoms with E-state index in [1.54, 1.807) is 0 Å². The van der Waals surface area contributed by atoms with Crippen molar-refractivity contribution >= 4 is 11.7 Å². The highest BCUT2D eigenvalue weighted by atomic mass is 16.5. The summed E-state index contributed by atoms with van der Waals surface area (Å²) in [5.74, 6) is 0. The molecule has 2 aromatic carbocycles. The monoisotopic (exact) mass is 296 g/mol. The van der Waals surface area contributed by atoms with Gasteiger partial charge < -0.3 is 15.0 Å². The molecule has 1 aliphatic rings. The lowest BCUT2D eigenvalue weighted by molar-refractivity contribution is -0.0642. The second-order valence-electron chi connectivity index (χ2n) is 5.55. The Morgan fingerprint density at radius 2 is 1.68 bits per heavy atom. The first-order chi connectivity index (χ1) is 10.7. The molecule has 1 heterocycles. The van der Waals surface area contributed by atoms with E-state index in [1.807, 2.05) is 72.5 Å². The van der Waals surface area contributed by atoms with Gasteiger partial charge in [0.2, 0.25) is 0 Å². The lowest BCUT2D eigenvalue weighted by Crippen LogP contribution is -2.47. The van der Waals surface area contributed by atoms with E-state index in [9.17, 15) is 4.79 Å². The largest absolute Gasteiger partial charge is 0.367 e. The van der Waals surface area contributed by atoms with Gasteiger partial charge in [-0.25, -0.2) is 4.79 Å². The second-order valence-corrected chi connectivity index (χ2v) is 5.55. The summed E-state index contributed by atoms with van der Waals surface area (Å²) in [6.45, 7) is 3.16. The molecule has 0 spiro atoms. The first kappa shape index (κ1) is 14.6. The molecule has 2 aromatic rings. The van der Waals surface area contributed by atoms with Gasteiger partial charge in [0, 0.05) is 12.2 Å². The highest BCUT2D eigenvalue weighted by Gasteiger charge is 2.29. The number of amides is 2. The summed E-state index contributed by atoms with van der Waals surface area (Å²) in [6.07, 6.45) is -0.0630. The number of hydrogen-bond donors (Lipinski definition) is 1. The minimum absolute atomic E-state index is 0.0143. The van der Waals surface area contributed by atoms with Gasteiger partial charge >= 0.3 is 6.03 Å². The average Bonchev–Trinajstić information content (AvgIpc) is 2.56. The number of nitrogens with zero attached hydrogens (tertiary/aromatic N) is 1. The van der Waals surface area contributed by atoms with Crippen molar-refractivity contribution in [3.63, 3.8) is 0 Å². The van der Waals surface area contributed by atoms with Crippen molar-refractivity contribution in [3.05, 3.63) is 66.2 Å². The van der Waals surface area contributed by atoms with Crippen LogP contribution in [0, 0.1) is 0 Å². The number of urea groups is 1. The van der Waals surface area contributed by atoms with Crippen LogP contribution in [-0.2, 0) is 4.74 Å². The summed E-state index contributed by atoms with van der Waals surface area (Å²) >= 11 is 0. The predicted octanol–water partition coefficient (Wildman–Crippen LogP) is 3.68. The minimum Gasteiger partial charge on any atom is -0.367 e. The molecule has 1 aliphatic heterocycles. The molecule has 1 N–H and O–H groups in total. The van der Waals surface area contributed by atoms with E-state index in [-0.39, 0.29) is 18.2 Å². The number of anilines is 1. The minimum atomic E-state index is -0.0812. The zero-order valence-electron chi connectivity index (χ0n) is 12.6. The molecule has 0 saturated carbocycles. The Labute approximate surface area is 130 Å². The van der Waals surface area contributed by atoms with E-state index < -0.39 is 0 Å². The predicted molar refractivity (Wildman–Crippen MR) is 86.8 cm³/mol. The summed E-state index contributed by atoms with van der Waals surface area (Å²) in [5, 5.41) is 2.94. The van der Waals surface area contributed by atoms with Crippen LogP contribution in [0.25, 0.3) is 0 Å². The molecule has 114 valence electrons. The fraction of sp³-hybridized carbons (Fsp3) is 0.278.